The van der Waals surface area contributed by atoms with Gasteiger partial charge < -0.3 is 5.11 Å². The third kappa shape index (κ3) is 3.90. The molecule has 0 atom stereocenters. The van der Waals surface area contributed by atoms with Crippen molar-refractivity contribution in [2.45, 2.75) is 4.90 Å². The minimum absolute atomic E-state index is 0.0906. The van der Waals surface area contributed by atoms with Gasteiger partial charge in [0, 0.05) is 5.02 Å². The highest BCUT2D eigenvalue weighted by atomic mass is 35.5. The fourth-order valence-corrected chi connectivity index (χ4v) is 3.50. The van der Waals surface area contributed by atoms with Gasteiger partial charge in [-0.1, -0.05) is 17.7 Å². The number of carbonyl (C=O) groups excluding carboxylic acids is 2. The van der Waals surface area contributed by atoms with Crippen LogP contribution in [0.25, 0.3) is 6.08 Å². The van der Waals surface area contributed by atoms with E-state index in [1.165, 1.54) is 6.07 Å². The van der Waals surface area contributed by atoms with Crippen LogP contribution in [0.15, 0.2) is 52.9 Å². The minimum atomic E-state index is -4.70. The molecule has 0 bridgehead atoms. The minimum Gasteiger partial charge on any atom is -0.506 e. The second-order valence-electron chi connectivity index (χ2n) is 5.64. The van der Waals surface area contributed by atoms with Gasteiger partial charge in [0.2, 0.25) is 0 Å². The highest BCUT2D eigenvalue weighted by molar-refractivity contribution is 7.86. The number of phenols is 1. The number of halogens is 1. The number of aromatic hydroxyl groups is 1. The predicted octanol–water partition coefficient (Wildman–Crippen LogP) is 2.12. The SMILES string of the molecule is O=C1NC(=S)N(c2ccc(Cl)cc2)C(=O)/C1=C/c1ccc(O)c(S(=O)(=O)O)c1. The zero-order valence-electron chi connectivity index (χ0n) is 13.8. The molecule has 28 heavy (non-hydrogen) atoms. The monoisotopic (exact) mass is 438 g/mol. The highest BCUT2D eigenvalue weighted by Crippen LogP contribution is 2.27. The number of nitrogens with zero attached hydrogens (tertiary/aromatic N) is 1. The van der Waals surface area contributed by atoms with Crippen LogP contribution in [-0.2, 0) is 19.7 Å². The summed E-state index contributed by atoms with van der Waals surface area (Å²) in [5, 5.41) is 12.3. The van der Waals surface area contributed by atoms with E-state index in [1.807, 2.05) is 0 Å². The summed E-state index contributed by atoms with van der Waals surface area (Å²) in [7, 11) is -4.70. The lowest BCUT2D eigenvalue weighted by Crippen LogP contribution is -2.54. The summed E-state index contributed by atoms with van der Waals surface area (Å²) in [6, 6.07) is 9.39. The van der Waals surface area contributed by atoms with Crippen molar-refractivity contribution in [1.82, 2.24) is 5.32 Å². The molecule has 2 amide bonds. The lowest BCUT2D eigenvalue weighted by molar-refractivity contribution is -0.122. The van der Waals surface area contributed by atoms with E-state index < -0.39 is 32.6 Å². The number of benzene rings is 2. The quantitative estimate of drug-likeness (QED) is 0.290. The Morgan fingerprint density at radius 2 is 1.75 bits per heavy atom. The molecule has 3 rings (SSSR count). The number of amides is 2. The van der Waals surface area contributed by atoms with Crippen LogP contribution in [0.1, 0.15) is 5.56 Å². The van der Waals surface area contributed by atoms with Gasteiger partial charge in [-0.15, -0.1) is 0 Å². The van der Waals surface area contributed by atoms with Crippen molar-refractivity contribution in [3.8, 4) is 5.75 Å². The van der Waals surface area contributed by atoms with E-state index in [9.17, 15) is 23.1 Å². The van der Waals surface area contributed by atoms with Crippen molar-refractivity contribution >= 4 is 62.6 Å². The summed E-state index contributed by atoms with van der Waals surface area (Å²) in [5.41, 5.74) is 0.137. The number of nitrogens with one attached hydrogen (secondary N) is 1. The Bertz CT molecular complexity index is 1140. The Hall–Kier alpha value is -2.79. The molecule has 1 heterocycles. The second-order valence-corrected chi connectivity index (χ2v) is 7.85. The van der Waals surface area contributed by atoms with Crippen molar-refractivity contribution in [3.05, 3.63) is 58.6 Å². The van der Waals surface area contributed by atoms with E-state index in [4.69, 9.17) is 28.4 Å². The molecule has 3 N–H and O–H groups in total. The molecule has 2 aromatic rings. The molecule has 0 unspecified atom stereocenters. The summed E-state index contributed by atoms with van der Waals surface area (Å²) in [6.07, 6.45) is 1.12. The lowest BCUT2D eigenvalue weighted by atomic mass is 10.1. The number of phenolic OH excluding ortho intramolecular Hbond substituents is 1. The van der Waals surface area contributed by atoms with Gasteiger partial charge in [-0.2, -0.15) is 8.42 Å². The van der Waals surface area contributed by atoms with Gasteiger partial charge in [0.25, 0.3) is 21.9 Å². The van der Waals surface area contributed by atoms with E-state index in [2.05, 4.69) is 5.32 Å². The number of anilines is 1. The predicted molar refractivity (Wildman–Crippen MR) is 106 cm³/mol. The average molecular weight is 439 g/mol. The first-order valence-electron chi connectivity index (χ1n) is 7.55. The van der Waals surface area contributed by atoms with Gasteiger partial charge >= 0.3 is 0 Å². The van der Waals surface area contributed by atoms with Crippen LogP contribution in [0.2, 0.25) is 5.02 Å². The van der Waals surface area contributed by atoms with Crippen molar-refractivity contribution in [2.75, 3.05) is 4.90 Å². The normalized spacial score (nSPS) is 16.4. The first kappa shape index (κ1) is 20.0. The van der Waals surface area contributed by atoms with Crippen molar-refractivity contribution < 1.29 is 27.7 Å². The molecule has 0 radical (unpaired) electrons. The number of thiocarbonyl (C=S) groups is 1. The second kappa shape index (κ2) is 7.32. The maximum atomic E-state index is 12.8. The molecule has 11 heteroatoms. The molecule has 0 aromatic heterocycles. The van der Waals surface area contributed by atoms with Gasteiger partial charge in [-0.25, -0.2) is 0 Å². The summed E-state index contributed by atoms with van der Waals surface area (Å²) < 4.78 is 31.8. The van der Waals surface area contributed by atoms with E-state index in [0.29, 0.717) is 10.7 Å². The summed E-state index contributed by atoms with van der Waals surface area (Å²) in [5.74, 6) is -2.19. The van der Waals surface area contributed by atoms with Crippen LogP contribution in [0.5, 0.6) is 5.75 Å². The fraction of sp³-hybridized carbons (Fsp3) is 0. The molecule has 1 aliphatic heterocycles. The smallest absolute Gasteiger partial charge is 0.298 e. The standard InChI is InChI=1S/C17H11ClN2O6S2/c18-10-2-4-11(5-3-10)20-16(23)12(15(22)19-17(20)27)7-9-1-6-13(21)14(8-9)28(24,25)26/h1-8,21H,(H,19,22,27)(H,24,25,26)/b12-7+. The molecule has 0 saturated carbocycles. The number of hydrogen-bond acceptors (Lipinski definition) is 6. The number of carbonyl (C=O) groups is 2. The molecule has 1 aliphatic rings. The van der Waals surface area contributed by atoms with Crippen LogP contribution < -0.4 is 10.2 Å². The maximum Gasteiger partial charge on any atom is 0.298 e. The van der Waals surface area contributed by atoms with Crippen LogP contribution >= 0.6 is 23.8 Å². The Morgan fingerprint density at radius 1 is 1.11 bits per heavy atom. The maximum absolute atomic E-state index is 12.8. The molecular weight excluding hydrogens is 428 g/mol. The number of hydrogen-bond donors (Lipinski definition) is 3. The third-order valence-corrected chi connectivity index (χ3v) is 5.18. The van der Waals surface area contributed by atoms with Crippen molar-refractivity contribution in [1.29, 1.82) is 0 Å². The van der Waals surface area contributed by atoms with Gasteiger partial charge in [-0.3, -0.25) is 24.4 Å². The molecular formula is C17H11ClN2O6S2. The zero-order valence-corrected chi connectivity index (χ0v) is 16.2. The van der Waals surface area contributed by atoms with E-state index in [0.717, 1.165) is 23.1 Å². The molecule has 0 spiro atoms. The van der Waals surface area contributed by atoms with Gasteiger partial charge in [-0.05, 0) is 60.3 Å². The van der Waals surface area contributed by atoms with E-state index >= 15 is 0 Å². The summed E-state index contributed by atoms with van der Waals surface area (Å²) in [6.45, 7) is 0. The Kier molecular flexibility index (Phi) is 5.22. The lowest BCUT2D eigenvalue weighted by Gasteiger charge is -2.29. The molecule has 0 aliphatic carbocycles. The topological polar surface area (TPSA) is 124 Å². The Labute approximate surface area is 169 Å². The van der Waals surface area contributed by atoms with Crippen molar-refractivity contribution in [2.24, 2.45) is 0 Å². The summed E-state index contributed by atoms with van der Waals surface area (Å²) >= 11 is 10.9. The molecule has 8 nitrogen and oxygen atoms in total. The molecule has 2 aromatic carbocycles. The fourth-order valence-electron chi connectivity index (χ4n) is 2.48. The highest BCUT2D eigenvalue weighted by Gasteiger charge is 2.34. The van der Waals surface area contributed by atoms with Gasteiger partial charge in [0.05, 0.1) is 5.69 Å². The first-order chi connectivity index (χ1) is 13.1. The molecule has 1 saturated heterocycles. The molecule has 1 fully saturated rings. The summed E-state index contributed by atoms with van der Waals surface area (Å²) in [4.78, 5) is 25.4. The van der Waals surface area contributed by atoms with Crippen LogP contribution in [0.3, 0.4) is 0 Å². The van der Waals surface area contributed by atoms with Crippen LogP contribution in [0, 0.1) is 0 Å². The van der Waals surface area contributed by atoms with E-state index in [1.54, 1.807) is 24.3 Å². The van der Waals surface area contributed by atoms with E-state index in [-0.39, 0.29) is 16.2 Å². The Morgan fingerprint density at radius 3 is 2.36 bits per heavy atom. The van der Waals surface area contributed by atoms with Crippen LogP contribution in [-0.4, -0.2) is 35.0 Å². The average Bonchev–Trinajstić information content (AvgIpc) is 2.60. The van der Waals surface area contributed by atoms with Gasteiger partial charge in [0.1, 0.15) is 16.2 Å². The largest absolute Gasteiger partial charge is 0.506 e. The Balaban J connectivity index is 2.06. The third-order valence-electron chi connectivity index (χ3n) is 3.76. The zero-order chi connectivity index (χ0) is 20.6. The van der Waals surface area contributed by atoms with Gasteiger partial charge in [0.15, 0.2) is 5.11 Å². The van der Waals surface area contributed by atoms with Crippen molar-refractivity contribution in [3.63, 3.8) is 0 Å². The van der Waals surface area contributed by atoms with Crippen LogP contribution in [0.4, 0.5) is 5.69 Å². The first-order valence-corrected chi connectivity index (χ1v) is 9.78. The number of rotatable bonds is 3. The molecule has 144 valence electrons.